The van der Waals surface area contributed by atoms with E-state index in [1.807, 2.05) is 18.2 Å². The number of benzene rings is 2. The Morgan fingerprint density at radius 2 is 1.65 bits per heavy atom. The van der Waals surface area contributed by atoms with Crippen molar-refractivity contribution in [1.29, 1.82) is 0 Å². The van der Waals surface area contributed by atoms with E-state index in [1.165, 1.54) is 16.7 Å². The smallest absolute Gasteiger partial charge is 0.0707 e. The number of aliphatic hydroxyl groups is 1. The van der Waals surface area contributed by atoms with Crippen molar-refractivity contribution in [3.8, 4) is 0 Å². The molecule has 0 saturated carbocycles. The summed E-state index contributed by atoms with van der Waals surface area (Å²) < 4.78 is 0. The van der Waals surface area contributed by atoms with Gasteiger partial charge < -0.3 is 5.11 Å². The maximum Gasteiger partial charge on any atom is 0.0707 e. The molecule has 2 aromatic rings. The van der Waals surface area contributed by atoms with Crippen LogP contribution in [0.1, 0.15) is 37.0 Å². The van der Waals surface area contributed by atoms with Crippen molar-refractivity contribution in [2.45, 2.75) is 52.3 Å². The van der Waals surface area contributed by atoms with E-state index in [-0.39, 0.29) is 6.10 Å². The lowest BCUT2D eigenvalue weighted by atomic mass is 10.0. The Morgan fingerprint density at radius 3 is 2.30 bits per heavy atom. The van der Waals surface area contributed by atoms with Gasteiger partial charge in [0, 0.05) is 19.1 Å². The van der Waals surface area contributed by atoms with Gasteiger partial charge in [-0.25, -0.2) is 0 Å². The highest BCUT2D eigenvalue weighted by Crippen LogP contribution is 2.15. The SMILES string of the molecule is CC[C@H](C)N(Cc1ccccc1C)C[C@H](O)Cc1ccccc1. The Balaban J connectivity index is 2.02. The largest absolute Gasteiger partial charge is 0.391 e. The normalized spacial score (nSPS) is 14.0. The summed E-state index contributed by atoms with van der Waals surface area (Å²) >= 11 is 0. The molecule has 0 fully saturated rings. The predicted octanol–water partition coefficient (Wildman–Crippen LogP) is 4.20. The third-order valence-electron chi connectivity index (χ3n) is 4.61. The minimum absolute atomic E-state index is 0.338. The maximum absolute atomic E-state index is 10.5. The van der Waals surface area contributed by atoms with Gasteiger partial charge in [0.2, 0.25) is 0 Å². The highest BCUT2D eigenvalue weighted by Gasteiger charge is 2.18. The average molecular weight is 311 g/mol. The Bertz CT molecular complexity index is 581. The number of hydrogen-bond donors (Lipinski definition) is 1. The van der Waals surface area contributed by atoms with Crippen LogP contribution in [0.2, 0.25) is 0 Å². The van der Waals surface area contributed by atoms with E-state index in [2.05, 4.69) is 62.1 Å². The molecule has 0 heterocycles. The highest BCUT2D eigenvalue weighted by molar-refractivity contribution is 5.25. The van der Waals surface area contributed by atoms with Gasteiger partial charge in [-0.05, 0) is 43.4 Å². The highest BCUT2D eigenvalue weighted by atomic mass is 16.3. The van der Waals surface area contributed by atoms with Crippen molar-refractivity contribution in [3.05, 3.63) is 71.3 Å². The second-order valence-corrected chi connectivity index (χ2v) is 6.46. The van der Waals surface area contributed by atoms with Gasteiger partial charge in [0.1, 0.15) is 0 Å². The lowest BCUT2D eigenvalue weighted by Crippen LogP contribution is -2.39. The van der Waals surface area contributed by atoms with Crippen LogP contribution in [-0.2, 0) is 13.0 Å². The average Bonchev–Trinajstić information content (AvgIpc) is 2.56. The lowest BCUT2D eigenvalue weighted by molar-refractivity contribution is 0.0848. The Kier molecular flexibility index (Phi) is 6.82. The number of hydrogen-bond acceptors (Lipinski definition) is 2. The molecule has 23 heavy (non-hydrogen) atoms. The molecule has 0 radical (unpaired) electrons. The van der Waals surface area contributed by atoms with Crippen LogP contribution < -0.4 is 0 Å². The van der Waals surface area contributed by atoms with Crippen LogP contribution in [0.3, 0.4) is 0 Å². The predicted molar refractivity (Wildman–Crippen MR) is 97.5 cm³/mol. The Hall–Kier alpha value is -1.64. The quantitative estimate of drug-likeness (QED) is 0.790. The molecule has 0 aliphatic heterocycles. The molecule has 0 aromatic heterocycles. The zero-order valence-corrected chi connectivity index (χ0v) is 14.6. The first-order chi connectivity index (χ1) is 11.1. The fraction of sp³-hybridized carbons (Fsp3) is 0.429. The zero-order valence-electron chi connectivity index (χ0n) is 14.6. The first-order valence-electron chi connectivity index (χ1n) is 8.60. The van der Waals surface area contributed by atoms with Gasteiger partial charge in [0.25, 0.3) is 0 Å². The molecule has 0 aliphatic rings. The molecular formula is C21H29NO. The summed E-state index contributed by atoms with van der Waals surface area (Å²) in [4.78, 5) is 2.40. The van der Waals surface area contributed by atoms with Gasteiger partial charge in [0.15, 0.2) is 0 Å². The van der Waals surface area contributed by atoms with E-state index in [0.29, 0.717) is 19.0 Å². The lowest BCUT2D eigenvalue weighted by Gasteiger charge is -2.31. The minimum atomic E-state index is -0.338. The van der Waals surface area contributed by atoms with Gasteiger partial charge >= 0.3 is 0 Å². The summed E-state index contributed by atoms with van der Waals surface area (Å²) in [6.07, 6.45) is 1.46. The van der Waals surface area contributed by atoms with Crippen molar-refractivity contribution in [2.24, 2.45) is 0 Å². The van der Waals surface area contributed by atoms with E-state index in [1.54, 1.807) is 0 Å². The van der Waals surface area contributed by atoms with Crippen LogP contribution >= 0.6 is 0 Å². The van der Waals surface area contributed by atoms with Gasteiger partial charge in [-0.2, -0.15) is 0 Å². The molecule has 2 heteroatoms. The van der Waals surface area contributed by atoms with Gasteiger partial charge in [-0.15, -0.1) is 0 Å². The molecule has 0 unspecified atom stereocenters. The van der Waals surface area contributed by atoms with Gasteiger partial charge in [-0.1, -0.05) is 61.5 Å². The summed E-state index contributed by atoms with van der Waals surface area (Å²) in [6.45, 7) is 8.21. The summed E-state index contributed by atoms with van der Waals surface area (Å²) in [5, 5.41) is 10.5. The molecule has 2 aromatic carbocycles. The monoisotopic (exact) mass is 311 g/mol. The number of rotatable bonds is 8. The molecule has 0 amide bonds. The summed E-state index contributed by atoms with van der Waals surface area (Å²) in [5.41, 5.74) is 3.86. The number of nitrogens with zero attached hydrogens (tertiary/aromatic N) is 1. The second-order valence-electron chi connectivity index (χ2n) is 6.46. The molecule has 1 N–H and O–H groups in total. The van der Waals surface area contributed by atoms with E-state index in [4.69, 9.17) is 0 Å². The van der Waals surface area contributed by atoms with E-state index < -0.39 is 0 Å². The molecule has 124 valence electrons. The van der Waals surface area contributed by atoms with Crippen LogP contribution in [0.5, 0.6) is 0 Å². The van der Waals surface area contributed by atoms with Crippen molar-refractivity contribution in [1.82, 2.24) is 4.90 Å². The van der Waals surface area contributed by atoms with Gasteiger partial charge in [-0.3, -0.25) is 4.90 Å². The molecule has 2 nitrogen and oxygen atoms in total. The van der Waals surface area contributed by atoms with Crippen molar-refractivity contribution < 1.29 is 5.11 Å². The fourth-order valence-electron chi connectivity index (χ4n) is 2.89. The molecular weight excluding hydrogens is 282 g/mol. The second kappa shape index (κ2) is 8.85. The van der Waals surface area contributed by atoms with Gasteiger partial charge in [0.05, 0.1) is 6.10 Å². The van der Waals surface area contributed by atoms with E-state index in [9.17, 15) is 5.11 Å². The molecule has 0 saturated heterocycles. The van der Waals surface area contributed by atoms with Crippen LogP contribution in [0.15, 0.2) is 54.6 Å². The number of aliphatic hydroxyl groups excluding tert-OH is 1. The molecule has 0 spiro atoms. The standard InChI is InChI=1S/C21H29NO/c1-4-18(3)22(15-20-13-9-8-10-17(20)2)16-21(23)14-19-11-6-5-7-12-19/h5-13,18,21,23H,4,14-16H2,1-3H3/t18-,21+/m0/s1. The fourth-order valence-corrected chi connectivity index (χ4v) is 2.89. The van der Waals surface area contributed by atoms with Crippen LogP contribution in [0.4, 0.5) is 0 Å². The summed E-state index contributed by atoms with van der Waals surface area (Å²) in [7, 11) is 0. The van der Waals surface area contributed by atoms with Crippen molar-refractivity contribution in [3.63, 3.8) is 0 Å². The van der Waals surface area contributed by atoms with Crippen LogP contribution in [0.25, 0.3) is 0 Å². The Labute approximate surface area is 140 Å². The third-order valence-corrected chi connectivity index (χ3v) is 4.61. The molecule has 0 bridgehead atoms. The molecule has 2 rings (SSSR count). The third kappa shape index (κ3) is 5.49. The van der Waals surface area contributed by atoms with Crippen molar-refractivity contribution in [2.75, 3.05) is 6.54 Å². The zero-order chi connectivity index (χ0) is 16.7. The van der Waals surface area contributed by atoms with Crippen molar-refractivity contribution >= 4 is 0 Å². The van der Waals surface area contributed by atoms with Crippen LogP contribution in [0, 0.1) is 6.92 Å². The first kappa shape index (κ1) is 17.7. The maximum atomic E-state index is 10.5. The van der Waals surface area contributed by atoms with E-state index >= 15 is 0 Å². The molecule has 0 aliphatic carbocycles. The Morgan fingerprint density at radius 1 is 1.00 bits per heavy atom. The molecule has 2 atom stereocenters. The first-order valence-corrected chi connectivity index (χ1v) is 8.60. The summed E-state index contributed by atoms with van der Waals surface area (Å²) in [5.74, 6) is 0. The number of aryl methyl sites for hydroxylation is 1. The summed E-state index contributed by atoms with van der Waals surface area (Å²) in [6, 6.07) is 19.2. The minimum Gasteiger partial charge on any atom is -0.391 e. The van der Waals surface area contributed by atoms with E-state index in [0.717, 1.165) is 13.0 Å². The van der Waals surface area contributed by atoms with Crippen LogP contribution in [-0.4, -0.2) is 28.7 Å². The topological polar surface area (TPSA) is 23.5 Å².